The number of hydrogen-bond acceptors (Lipinski definition) is 3. The van der Waals surface area contributed by atoms with Crippen LogP contribution in [0.3, 0.4) is 0 Å². The number of carbonyl (C=O) groups excluding carboxylic acids is 2. The van der Waals surface area contributed by atoms with Gasteiger partial charge in [0.1, 0.15) is 0 Å². The molecule has 2 amide bonds. The zero-order valence-electron chi connectivity index (χ0n) is 11.1. The molecular weight excluding hydrogens is 230 g/mol. The maximum Gasteiger partial charge on any atom is 0.241 e. The number of rotatable bonds is 1. The third-order valence-corrected chi connectivity index (χ3v) is 4.11. The highest BCUT2D eigenvalue weighted by atomic mass is 16.2. The highest BCUT2D eigenvalue weighted by Gasteiger charge is 2.30. The fraction of sp³-hybridized carbons (Fsp3) is 0.846. The summed E-state index contributed by atoms with van der Waals surface area (Å²) in [5.74, 6) is 0.292. The third kappa shape index (κ3) is 3.02. The highest BCUT2D eigenvalue weighted by Crippen LogP contribution is 2.25. The predicted octanol–water partition coefficient (Wildman–Crippen LogP) is 0.195. The maximum atomic E-state index is 12.4. The van der Waals surface area contributed by atoms with Gasteiger partial charge in [0.15, 0.2) is 0 Å². The maximum absolute atomic E-state index is 12.4. The predicted molar refractivity (Wildman–Crippen MR) is 68.8 cm³/mol. The van der Waals surface area contributed by atoms with E-state index in [0.717, 1.165) is 38.6 Å². The van der Waals surface area contributed by atoms with E-state index in [9.17, 15) is 9.59 Å². The molecule has 0 unspecified atom stereocenters. The van der Waals surface area contributed by atoms with Crippen molar-refractivity contribution < 1.29 is 9.59 Å². The van der Waals surface area contributed by atoms with Gasteiger partial charge in [-0.1, -0.05) is 0 Å². The van der Waals surface area contributed by atoms with Gasteiger partial charge in [-0.25, -0.2) is 0 Å². The topological polar surface area (TPSA) is 66.6 Å². The van der Waals surface area contributed by atoms with Crippen LogP contribution in [0.15, 0.2) is 0 Å². The summed E-state index contributed by atoms with van der Waals surface area (Å²) in [7, 11) is 1.80. The van der Waals surface area contributed by atoms with Crippen molar-refractivity contribution in [2.75, 3.05) is 26.7 Å². The van der Waals surface area contributed by atoms with E-state index in [-0.39, 0.29) is 30.3 Å². The number of likely N-dealkylation sites (N-methyl/N-ethyl adjacent to an activating group) is 1. The second-order valence-electron chi connectivity index (χ2n) is 5.54. The summed E-state index contributed by atoms with van der Waals surface area (Å²) < 4.78 is 0. The van der Waals surface area contributed by atoms with Crippen LogP contribution < -0.4 is 5.73 Å². The van der Waals surface area contributed by atoms with Crippen LogP contribution >= 0.6 is 0 Å². The Morgan fingerprint density at radius 2 is 1.89 bits per heavy atom. The Labute approximate surface area is 108 Å². The van der Waals surface area contributed by atoms with E-state index >= 15 is 0 Å². The molecule has 18 heavy (non-hydrogen) atoms. The van der Waals surface area contributed by atoms with Crippen LogP contribution in [-0.2, 0) is 9.59 Å². The molecule has 0 radical (unpaired) electrons. The van der Waals surface area contributed by atoms with Crippen LogP contribution in [0.4, 0.5) is 0 Å². The second-order valence-corrected chi connectivity index (χ2v) is 5.54. The number of amides is 2. The first-order valence-electron chi connectivity index (χ1n) is 6.86. The normalized spacial score (nSPS) is 30.2. The lowest BCUT2D eigenvalue weighted by Gasteiger charge is -2.30. The number of nitrogens with two attached hydrogens (primary N) is 1. The molecule has 1 aliphatic carbocycles. The van der Waals surface area contributed by atoms with Crippen LogP contribution in [0.1, 0.15) is 32.1 Å². The first-order chi connectivity index (χ1) is 8.58. The monoisotopic (exact) mass is 253 g/mol. The van der Waals surface area contributed by atoms with Crippen LogP contribution in [0.2, 0.25) is 0 Å². The molecule has 2 aliphatic rings. The largest absolute Gasteiger partial charge is 0.344 e. The summed E-state index contributed by atoms with van der Waals surface area (Å²) in [5.41, 5.74) is 5.86. The van der Waals surface area contributed by atoms with Crippen molar-refractivity contribution >= 4 is 11.8 Å². The van der Waals surface area contributed by atoms with E-state index in [1.54, 1.807) is 16.8 Å². The zero-order valence-corrected chi connectivity index (χ0v) is 11.1. The van der Waals surface area contributed by atoms with Gasteiger partial charge in [0.25, 0.3) is 0 Å². The highest BCUT2D eigenvalue weighted by molar-refractivity contribution is 5.86. The molecule has 0 atom stereocenters. The summed E-state index contributed by atoms with van der Waals surface area (Å²) in [4.78, 5) is 27.6. The van der Waals surface area contributed by atoms with Gasteiger partial charge in [0.05, 0.1) is 6.54 Å². The lowest BCUT2D eigenvalue weighted by Crippen LogP contribution is -2.42. The van der Waals surface area contributed by atoms with Crippen molar-refractivity contribution in [1.29, 1.82) is 0 Å². The van der Waals surface area contributed by atoms with Crippen molar-refractivity contribution in [3.05, 3.63) is 0 Å². The number of nitrogens with zero attached hydrogens (tertiary/aromatic N) is 2. The van der Waals surface area contributed by atoms with Gasteiger partial charge in [-0.2, -0.15) is 0 Å². The van der Waals surface area contributed by atoms with Crippen LogP contribution in [0.25, 0.3) is 0 Å². The minimum atomic E-state index is 0.0494. The Bertz CT molecular complexity index is 324. The van der Waals surface area contributed by atoms with Crippen molar-refractivity contribution in [1.82, 2.24) is 9.80 Å². The molecule has 2 rings (SSSR count). The fourth-order valence-electron chi connectivity index (χ4n) is 2.80. The standard InChI is InChI=1S/C13H23N3O2/c1-15-7-2-8-16(9-12(15)17)13(18)10-3-5-11(14)6-4-10/h10-11H,2-9,14H2,1H3. The SMILES string of the molecule is CN1CCCN(C(=O)C2CCC(N)CC2)CC1=O. The molecular formula is C13H23N3O2. The van der Waals surface area contributed by atoms with Gasteiger partial charge in [0, 0.05) is 32.1 Å². The molecule has 0 spiro atoms. The first kappa shape index (κ1) is 13.3. The molecule has 0 aromatic heterocycles. The Balaban J connectivity index is 1.93. The summed E-state index contributed by atoms with van der Waals surface area (Å²) in [6.07, 6.45) is 4.48. The molecule has 5 heteroatoms. The van der Waals surface area contributed by atoms with Gasteiger partial charge in [-0.05, 0) is 32.1 Å². The number of carbonyl (C=O) groups is 2. The van der Waals surface area contributed by atoms with Crippen LogP contribution in [0.5, 0.6) is 0 Å². The summed E-state index contributed by atoms with van der Waals surface area (Å²) in [6, 6.07) is 0.256. The van der Waals surface area contributed by atoms with Gasteiger partial charge in [-0.3, -0.25) is 9.59 Å². The molecule has 1 aliphatic heterocycles. The summed E-state index contributed by atoms with van der Waals surface area (Å²) in [5, 5.41) is 0. The van der Waals surface area contributed by atoms with Crippen LogP contribution in [0, 0.1) is 5.92 Å². The molecule has 5 nitrogen and oxygen atoms in total. The van der Waals surface area contributed by atoms with Gasteiger partial charge >= 0.3 is 0 Å². The molecule has 0 bridgehead atoms. The van der Waals surface area contributed by atoms with E-state index in [4.69, 9.17) is 5.73 Å². The van der Waals surface area contributed by atoms with E-state index in [2.05, 4.69) is 0 Å². The van der Waals surface area contributed by atoms with E-state index in [0.29, 0.717) is 6.54 Å². The van der Waals surface area contributed by atoms with Gasteiger partial charge in [-0.15, -0.1) is 0 Å². The van der Waals surface area contributed by atoms with Crippen molar-refractivity contribution in [3.63, 3.8) is 0 Å². The number of hydrogen-bond donors (Lipinski definition) is 1. The smallest absolute Gasteiger partial charge is 0.241 e. The van der Waals surface area contributed by atoms with Crippen LogP contribution in [-0.4, -0.2) is 54.3 Å². The Kier molecular flexibility index (Phi) is 4.22. The quantitative estimate of drug-likeness (QED) is 0.725. The molecule has 1 saturated heterocycles. The molecule has 1 heterocycles. The zero-order chi connectivity index (χ0) is 13.1. The molecule has 1 saturated carbocycles. The van der Waals surface area contributed by atoms with Crippen molar-refractivity contribution in [2.45, 2.75) is 38.1 Å². The summed E-state index contributed by atoms with van der Waals surface area (Å²) >= 11 is 0. The molecule has 102 valence electrons. The fourth-order valence-corrected chi connectivity index (χ4v) is 2.80. The second kappa shape index (κ2) is 5.69. The summed E-state index contributed by atoms with van der Waals surface area (Å²) in [6.45, 7) is 1.70. The van der Waals surface area contributed by atoms with Crippen molar-refractivity contribution in [2.24, 2.45) is 11.7 Å². The average Bonchev–Trinajstić information content (AvgIpc) is 2.52. The van der Waals surface area contributed by atoms with Gasteiger partial charge in [0.2, 0.25) is 11.8 Å². The molecule has 2 fully saturated rings. The Morgan fingerprint density at radius 3 is 2.56 bits per heavy atom. The first-order valence-corrected chi connectivity index (χ1v) is 6.86. The molecule has 0 aromatic carbocycles. The van der Waals surface area contributed by atoms with E-state index < -0.39 is 0 Å². The van der Waals surface area contributed by atoms with Gasteiger partial charge < -0.3 is 15.5 Å². The molecule has 2 N–H and O–H groups in total. The van der Waals surface area contributed by atoms with Crippen molar-refractivity contribution in [3.8, 4) is 0 Å². The minimum absolute atomic E-state index is 0.0494. The van der Waals surface area contributed by atoms with E-state index in [1.165, 1.54) is 0 Å². The Morgan fingerprint density at radius 1 is 1.22 bits per heavy atom. The molecule has 0 aromatic rings. The minimum Gasteiger partial charge on any atom is -0.344 e. The van der Waals surface area contributed by atoms with E-state index in [1.807, 2.05) is 0 Å². The third-order valence-electron chi connectivity index (χ3n) is 4.11. The Hall–Kier alpha value is -1.10. The average molecular weight is 253 g/mol. The lowest BCUT2D eigenvalue weighted by molar-refractivity contribution is -0.141. The lowest BCUT2D eigenvalue weighted by atomic mass is 9.85.